The number of carboxylic acids is 1. The molecular weight excluding hydrogens is 349 g/mol. The van der Waals surface area contributed by atoms with Crippen molar-refractivity contribution in [3.63, 3.8) is 0 Å². The standard InChI is InChI=1S/C18H33ClO2.Zn/c1-2-3-4-5-6-7-8-9-10-11-12-13-14-15-16-17(19)18(20)21;/h9-10,17H,2-8,11-16H2,1H3,(H,20,21);/b10-9-;. The van der Waals surface area contributed by atoms with Gasteiger partial charge in [0, 0.05) is 19.5 Å². The van der Waals surface area contributed by atoms with E-state index in [0.717, 1.165) is 19.3 Å². The van der Waals surface area contributed by atoms with E-state index in [0.29, 0.717) is 6.42 Å². The molecule has 0 aromatic carbocycles. The molecule has 126 valence electrons. The van der Waals surface area contributed by atoms with Gasteiger partial charge in [-0.1, -0.05) is 70.4 Å². The zero-order chi connectivity index (χ0) is 15.8. The predicted molar refractivity (Wildman–Crippen MR) is 92.1 cm³/mol. The summed E-state index contributed by atoms with van der Waals surface area (Å²) in [5, 5.41) is 7.94. The molecular formula is C18H33ClO2Zn. The van der Waals surface area contributed by atoms with Crippen LogP contribution in [0.5, 0.6) is 0 Å². The monoisotopic (exact) mass is 380 g/mol. The van der Waals surface area contributed by atoms with Gasteiger partial charge < -0.3 is 5.11 Å². The molecule has 0 aromatic heterocycles. The third-order valence-corrected chi connectivity index (χ3v) is 4.14. The Morgan fingerprint density at radius 1 is 0.909 bits per heavy atom. The topological polar surface area (TPSA) is 37.3 Å². The minimum Gasteiger partial charge on any atom is -0.480 e. The summed E-state index contributed by atoms with van der Waals surface area (Å²) in [5.74, 6) is -0.894. The molecule has 0 amide bonds. The molecule has 0 bridgehead atoms. The van der Waals surface area contributed by atoms with Crippen molar-refractivity contribution in [2.24, 2.45) is 0 Å². The number of rotatable bonds is 15. The Hall–Kier alpha value is 0.123. The Morgan fingerprint density at radius 2 is 1.36 bits per heavy atom. The molecule has 0 fully saturated rings. The summed E-state index contributed by atoms with van der Waals surface area (Å²) in [7, 11) is 0. The second kappa shape index (κ2) is 19.2. The van der Waals surface area contributed by atoms with E-state index in [2.05, 4.69) is 19.1 Å². The number of hydrogen-bond acceptors (Lipinski definition) is 1. The van der Waals surface area contributed by atoms with Crippen molar-refractivity contribution in [1.82, 2.24) is 0 Å². The number of unbranched alkanes of at least 4 members (excludes halogenated alkanes) is 10. The molecule has 0 radical (unpaired) electrons. The van der Waals surface area contributed by atoms with Crippen LogP contribution in [0.1, 0.15) is 90.4 Å². The zero-order valence-electron chi connectivity index (χ0n) is 14.4. The van der Waals surface area contributed by atoms with Crippen LogP contribution >= 0.6 is 11.6 Å². The van der Waals surface area contributed by atoms with Gasteiger partial charge in [-0.3, -0.25) is 4.79 Å². The maximum Gasteiger partial charge on any atom is 0.321 e. The summed E-state index contributed by atoms with van der Waals surface area (Å²) in [4.78, 5) is 10.5. The van der Waals surface area contributed by atoms with E-state index in [1.54, 1.807) is 0 Å². The molecule has 0 spiro atoms. The first-order chi connectivity index (χ1) is 10.2. The van der Waals surface area contributed by atoms with Gasteiger partial charge in [0.15, 0.2) is 0 Å². The van der Waals surface area contributed by atoms with Gasteiger partial charge >= 0.3 is 5.97 Å². The number of hydrogen-bond donors (Lipinski definition) is 1. The molecule has 1 atom stereocenters. The molecule has 0 heterocycles. The van der Waals surface area contributed by atoms with Crippen molar-refractivity contribution < 1.29 is 29.4 Å². The van der Waals surface area contributed by atoms with Crippen molar-refractivity contribution in [2.75, 3.05) is 0 Å². The van der Waals surface area contributed by atoms with Gasteiger partial charge in [-0.05, 0) is 32.1 Å². The number of halogens is 1. The molecule has 0 saturated carbocycles. The average molecular weight is 382 g/mol. The van der Waals surface area contributed by atoms with E-state index in [1.807, 2.05) is 0 Å². The van der Waals surface area contributed by atoms with Crippen molar-refractivity contribution in [3.05, 3.63) is 12.2 Å². The van der Waals surface area contributed by atoms with Crippen molar-refractivity contribution >= 4 is 17.6 Å². The third kappa shape index (κ3) is 18.2. The number of carbonyl (C=O) groups is 1. The van der Waals surface area contributed by atoms with Crippen molar-refractivity contribution in [1.29, 1.82) is 0 Å². The van der Waals surface area contributed by atoms with Gasteiger partial charge in [0.25, 0.3) is 0 Å². The normalized spacial score (nSPS) is 12.3. The predicted octanol–water partition coefficient (Wildman–Crippen LogP) is 6.32. The van der Waals surface area contributed by atoms with Crippen LogP contribution in [0.25, 0.3) is 0 Å². The van der Waals surface area contributed by atoms with E-state index >= 15 is 0 Å². The largest absolute Gasteiger partial charge is 0.480 e. The SMILES string of the molecule is CCCCCCCC/C=C\CCCCCCC(Cl)C(=O)O.[Zn]. The van der Waals surface area contributed by atoms with Crippen LogP contribution < -0.4 is 0 Å². The van der Waals surface area contributed by atoms with Crippen LogP contribution in [0, 0.1) is 0 Å². The van der Waals surface area contributed by atoms with Crippen LogP contribution in [-0.2, 0) is 24.3 Å². The summed E-state index contributed by atoms with van der Waals surface area (Å²) in [6.45, 7) is 2.25. The number of carboxylic acid groups (broad SMARTS) is 1. The second-order valence-corrected chi connectivity index (χ2v) is 6.35. The molecule has 0 rings (SSSR count). The molecule has 2 nitrogen and oxygen atoms in total. The Kier molecular flexibility index (Phi) is 21.2. The van der Waals surface area contributed by atoms with E-state index in [9.17, 15) is 4.79 Å². The molecule has 0 saturated heterocycles. The third-order valence-electron chi connectivity index (χ3n) is 3.74. The fourth-order valence-electron chi connectivity index (χ4n) is 2.34. The van der Waals surface area contributed by atoms with Gasteiger partial charge in [0.2, 0.25) is 0 Å². The Morgan fingerprint density at radius 3 is 1.86 bits per heavy atom. The maximum atomic E-state index is 10.5. The maximum absolute atomic E-state index is 10.5. The Balaban J connectivity index is 0. The molecule has 0 aliphatic rings. The average Bonchev–Trinajstić information content (AvgIpc) is 2.47. The Bertz CT molecular complexity index is 270. The van der Waals surface area contributed by atoms with Crippen LogP contribution in [0.4, 0.5) is 0 Å². The summed E-state index contributed by atoms with van der Waals surface area (Å²) < 4.78 is 0. The zero-order valence-corrected chi connectivity index (χ0v) is 18.1. The first-order valence-electron chi connectivity index (χ1n) is 8.70. The number of allylic oxidation sites excluding steroid dienone is 2. The molecule has 0 aliphatic carbocycles. The van der Waals surface area contributed by atoms with Crippen LogP contribution in [0.3, 0.4) is 0 Å². The molecule has 1 N–H and O–H groups in total. The van der Waals surface area contributed by atoms with E-state index in [4.69, 9.17) is 16.7 Å². The summed E-state index contributed by atoms with van der Waals surface area (Å²) >= 11 is 5.66. The van der Waals surface area contributed by atoms with Gasteiger partial charge in [0.05, 0.1) is 0 Å². The minimum absolute atomic E-state index is 0. The van der Waals surface area contributed by atoms with E-state index < -0.39 is 11.3 Å². The number of alkyl halides is 1. The first-order valence-corrected chi connectivity index (χ1v) is 9.14. The Labute approximate surface area is 154 Å². The molecule has 0 aromatic rings. The van der Waals surface area contributed by atoms with Crippen LogP contribution in [-0.4, -0.2) is 16.5 Å². The number of aliphatic carboxylic acids is 1. The molecule has 1 unspecified atom stereocenters. The van der Waals surface area contributed by atoms with Crippen molar-refractivity contribution in [3.8, 4) is 0 Å². The second-order valence-electron chi connectivity index (χ2n) is 5.83. The fourth-order valence-corrected chi connectivity index (χ4v) is 2.50. The minimum atomic E-state index is -0.894. The molecule has 0 aliphatic heterocycles. The molecule has 4 heteroatoms. The van der Waals surface area contributed by atoms with E-state index in [-0.39, 0.29) is 19.5 Å². The fraction of sp³-hybridized carbons (Fsp3) is 0.833. The van der Waals surface area contributed by atoms with Crippen LogP contribution in [0.15, 0.2) is 12.2 Å². The first kappa shape index (κ1) is 24.4. The van der Waals surface area contributed by atoms with Crippen LogP contribution in [0.2, 0.25) is 0 Å². The van der Waals surface area contributed by atoms with Gasteiger partial charge in [-0.25, -0.2) is 0 Å². The van der Waals surface area contributed by atoms with Gasteiger partial charge in [-0.15, -0.1) is 11.6 Å². The summed E-state index contributed by atoms with van der Waals surface area (Å²) in [6.07, 6.45) is 20.1. The van der Waals surface area contributed by atoms with Gasteiger partial charge in [0.1, 0.15) is 5.38 Å². The summed E-state index contributed by atoms with van der Waals surface area (Å²) in [6, 6.07) is 0. The summed E-state index contributed by atoms with van der Waals surface area (Å²) in [5.41, 5.74) is 0. The molecule has 22 heavy (non-hydrogen) atoms. The van der Waals surface area contributed by atoms with Gasteiger partial charge in [-0.2, -0.15) is 0 Å². The van der Waals surface area contributed by atoms with Crippen molar-refractivity contribution in [2.45, 2.75) is 95.8 Å². The quantitative estimate of drug-likeness (QED) is 0.156. The smallest absolute Gasteiger partial charge is 0.321 e. The van der Waals surface area contributed by atoms with E-state index in [1.165, 1.54) is 57.8 Å².